The topological polar surface area (TPSA) is 24.1 Å². The average Bonchev–Trinajstić information content (AvgIpc) is 2.39. The van der Waals surface area contributed by atoms with E-state index >= 15 is 0 Å². The Bertz CT molecular complexity index is 367. The van der Waals surface area contributed by atoms with Gasteiger partial charge in [0.1, 0.15) is 0 Å². The van der Waals surface area contributed by atoms with Crippen LogP contribution in [0.4, 0.5) is 0 Å². The van der Waals surface area contributed by atoms with Crippen molar-refractivity contribution >= 4 is 0 Å². The van der Waals surface area contributed by atoms with Gasteiger partial charge in [-0.3, -0.25) is 0 Å². The molecule has 0 aliphatic carbocycles. The standard InChI is InChI=1S/C14H20N2/c1-3-11-6-8-16-10-14(11)13(5-1)12-4-2-7-15-9-12/h1,3,5,12,15-16H,2,4,6-10H2. The molecule has 1 atom stereocenters. The van der Waals surface area contributed by atoms with Crippen molar-refractivity contribution in [1.82, 2.24) is 10.6 Å². The number of fused-ring (bicyclic) bond motifs is 1. The molecule has 0 aromatic heterocycles. The van der Waals surface area contributed by atoms with Crippen LogP contribution in [0.2, 0.25) is 0 Å². The fraction of sp³-hybridized carbons (Fsp3) is 0.571. The molecule has 2 N–H and O–H groups in total. The van der Waals surface area contributed by atoms with Crippen molar-refractivity contribution in [2.75, 3.05) is 19.6 Å². The van der Waals surface area contributed by atoms with Crippen molar-refractivity contribution in [2.24, 2.45) is 0 Å². The summed E-state index contributed by atoms with van der Waals surface area (Å²) in [5, 5.41) is 7.02. The zero-order chi connectivity index (χ0) is 10.8. The van der Waals surface area contributed by atoms with Crippen molar-refractivity contribution in [3.05, 3.63) is 34.9 Å². The molecular weight excluding hydrogens is 196 g/mol. The summed E-state index contributed by atoms with van der Waals surface area (Å²) in [7, 11) is 0. The van der Waals surface area contributed by atoms with Gasteiger partial charge in [0.2, 0.25) is 0 Å². The monoisotopic (exact) mass is 216 g/mol. The third kappa shape index (κ3) is 1.87. The molecule has 0 saturated carbocycles. The zero-order valence-corrected chi connectivity index (χ0v) is 9.76. The van der Waals surface area contributed by atoms with Gasteiger partial charge in [-0.25, -0.2) is 0 Å². The molecule has 1 unspecified atom stereocenters. The third-order valence-electron chi connectivity index (χ3n) is 3.92. The van der Waals surface area contributed by atoms with Crippen LogP contribution in [-0.4, -0.2) is 19.6 Å². The first-order valence-electron chi connectivity index (χ1n) is 6.47. The Kier molecular flexibility index (Phi) is 2.94. The number of benzene rings is 1. The summed E-state index contributed by atoms with van der Waals surface area (Å²) in [4.78, 5) is 0. The van der Waals surface area contributed by atoms with E-state index in [2.05, 4.69) is 28.8 Å². The highest BCUT2D eigenvalue weighted by Crippen LogP contribution is 2.29. The molecular formula is C14H20N2. The predicted octanol–water partition coefficient (Wildman–Crippen LogP) is 1.80. The van der Waals surface area contributed by atoms with E-state index in [1.165, 1.54) is 25.8 Å². The molecule has 2 aliphatic rings. The van der Waals surface area contributed by atoms with Gasteiger partial charge < -0.3 is 10.6 Å². The van der Waals surface area contributed by atoms with Crippen molar-refractivity contribution in [3.8, 4) is 0 Å². The average molecular weight is 216 g/mol. The molecule has 86 valence electrons. The maximum absolute atomic E-state index is 3.52. The van der Waals surface area contributed by atoms with Gasteiger partial charge in [0.05, 0.1) is 0 Å². The van der Waals surface area contributed by atoms with Gasteiger partial charge >= 0.3 is 0 Å². The van der Waals surface area contributed by atoms with Gasteiger partial charge in [0.25, 0.3) is 0 Å². The molecule has 1 saturated heterocycles. The second-order valence-corrected chi connectivity index (χ2v) is 4.95. The fourth-order valence-corrected chi connectivity index (χ4v) is 3.04. The molecule has 1 aromatic carbocycles. The lowest BCUT2D eigenvalue weighted by atomic mass is 9.85. The summed E-state index contributed by atoms with van der Waals surface area (Å²) in [5.74, 6) is 0.739. The van der Waals surface area contributed by atoms with Gasteiger partial charge in [-0.1, -0.05) is 18.2 Å². The Balaban J connectivity index is 1.93. The minimum absolute atomic E-state index is 0.739. The van der Waals surface area contributed by atoms with E-state index in [-0.39, 0.29) is 0 Å². The first-order chi connectivity index (χ1) is 7.95. The van der Waals surface area contributed by atoms with Crippen LogP contribution < -0.4 is 10.6 Å². The van der Waals surface area contributed by atoms with Crippen molar-refractivity contribution in [2.45, 2.75) is 31.7 Å². The minimum Gasteiger partial charge on any atom is -0.316 e. The van der Waals surface area contributed by atoms with Crippen LogP contribution in [0.15, 0.2) is 18.2 Å². The molecule has 2 aliphatic heterocycles. The van der Waals surface area contributed by atoms with E-state index in [1.54, 1.807) is 16.7 Å². The van der Waals surface area contributed by atoms with Crippen molar-refractivity contribution < 1.29 is 0 Å². The SMILES string of the molecule is c1cc2c(c(C3CCCNC3)c1)CNCC2. The molecule has 0 amide bonds. The summed E-state index contributed by atoms with van der Waals surface area (Å²) in [6, 6.07) is 6.88. The third-order valence-corrected chi connectivity index (χ3v) is 3.92. The maximum atomic E-state index is 3.52. The molecule has 2 heteroatoms. The van der Waals surface area contributed by atoms with Gasteiger partial charge in [-0.05, 0) is 55.0 Å². The molecule has 16 heavy (non-hydrogen) atoms. The highest BCUT2D eigenvalue weighted by molar-refractivity contribution is 5.39. The van der Waals surface area contributed by atoms with Crippen LogP contribution in [0.1, 0.15) is 35.4 Å². The Labute approximate surface area is 97.4 Å². The van der Waals surface area contributed by atoms with Crippen LogP contribution >= 0.6 is 0 Å². The van der Waals surface area contributed by atoms with E-state index in [9.17, 15) is 0 Å². The Morgan fingerprint density at radius 2 is 2.12 bits per heavy atom. The fourth-order valence-electron chi connectivity index (χ4n) is 3.04. The van der Waals surface area contributed by atoms with Gasteiger partial charge in [0.15, 0.2) is 0 Å². The molecule has 1 aromatic rings. The lowest BCUT2D eigenvalue weighted by Gasteiger charge is -2.28. The van der Waals surface area contributed by atoms with Crippen molar-refractivity contribution in [1.29, 1.82) is 0 Å². The first-order valence-corrected chi connectivity index (χ1v) is 6.47. The number of hydrogen-bond acceptors (Lipinski definition) is 2. The van der Waals surface area contributed by atoms with Crippen molar-refractivity contribution in [3.63, 3.8) is 0 Å². The quantitative estimate of drug-likeness (QED) is 0.748. The van der Waals surface area contributed by atoms with Crippen LogP contribution in [0.3, 0.4) is 0 Å². The largest absolute Gasteiger partial charge is 0.316 e. The van der Waals surface area contributed by atoms with Crippen LogP contribution in [0, 0.1) is 0 Å². The second-order valence-electron chi connectivity index (χ2n) is 4.95. The first kappa shape index (κ1) is 10.3. The zero-order valence-electron chi connectivity index (χ0n) is 9.76. The normalized spacial score (nSPS) is 25.1. The number of nitrogens with one attached hydrogen (secondary N) is 2. The molecule has 2 heterocycles. The Hall–Kier alpha value is -0.860. The van der Waals surface area contributed by atoms with E-state index in [0.29, 0.717) is 0 Å². The summed E-state index contributed by atoms with van der Waals surface area (Å²) in [6.45, 7) is 4.57. The predicted molar refractivity (Wildman–Crippen MR) is 66.7 cm³/mol. The highest BCUT2D eigenvalue weighted by Gasteiger charge is 2.20. The minimum atomic E-state index is 0.739. The van der Waals surface area contributed by atoms with E-state index < -0.39 is 0 Å². The lowest BCUT2D eigenvalue weighted by Crippen LogP contribution is -2.31. The molecule has 0 bridgehead atoms. The summed E-state index contributed by atoms with van der Waals surface area (Å²) in [5.41, 5.74) is 4.75. The Morgan fingerprint density at radius 1 is 1.12 bits per heavy atom. The second kappa shape index (κ2) is 4.56. The van der Waals surface area contributed by atoms with Crippen LogP contribution in [0.25, 0.3) is 0 Å². The molecule has 2 nitrogen and oxygen atoms in total. The summed E-state index contributed by atoms with van der Waals surface area (Å²) < 4.78 is 0. The number of piperidine rings is 1. The van der Waals surface area contributed by atoms with Gasteiger partial charge in [-0.2, -0.15) is 0 Å². The summed E-state index contributed by atoms with van der Waals surface area (Å²) in [6.07, 6.45) is 3.87. The lowest BCUT2D eigenvalue weighted by molar-refractivity contribution is 0.456. The van der Waals surface area contributed by atoms with E-state index in [0.717, 1.165) is 25.6 Å². The van der Waals surface area contributed by atoms with Gasteiger partial charge in [0, 0.05) is 13.1 Å². The number of hydrogen-bond donors (Lipinski definition) is 2. The highest BCUT2D eigenvalue weighted by atomic mass is 14.9. The van der Waals surface area contributed by atoms with Gasteiger partial charge in [-0.15, -0.1) is 0 Å². The smallest absolute Gasteiger partial charge is 0.0211 e. The van der Waals surface area contributed by atoms with E-state index in [1.807, 2.05) is 0 Å². The van der Waals surface area contributed by atoms with Crippen LogP contribution in [-0.2, 0) is 13.0 Å². The molecule has 0 radical (unpaired) electrons. The Morgan fingerprint density at radius 3 is 3.00 bits per heavy atom. The van der Waals surface area contributed by atoms with E-state index in [4.69, 9.17) is 0 Å². The summed E-state index contributed by atoms with van der Waals surface area (Å²) >= 11 is 0. The molecule has 0 spiro atoms. The molecule has 3 rings (SSSR count). The number of rotatable bonds is 1. The molecule has 1 fully saturated rings. The van der Waals surface area contributed by atoms with Crippen LogP contribution in [0.5, 0.6) is 0 Å². The maximum Gasteiger partial charge on any atom is 0.0211 e.